The Hall–Kier alpha value is -3.01. The Morgan fingerprint density at radius 3 is 2.25 bits per heavy atom. The van der Waals surface area contributed by atoms with E-state index in [-0.39, 0.29) is 6.42 Å². The number of carboxylic acids is 1. The van der Waals surface area contributed by atoms with Gasteiger partial charge in [0, 0.05) is 6.42 Å². The van der Waals surface area contributed by atoms with Gasteiger partial charge in [-0.25, -0.2) is 0 Å². The van der Waals surface area contributed by atoms with Crippen molar-refractivity contribution in [3.05, 3.63) is 66.7 Å². The van der Waals surface area contributed by atoms with Crippen molar-refractivity contribution >= 4 is 16.7 Å². The molecule has 0 radical (unpaired) electrons. The monoisotopic (exact) mass is 322 g/mol. The third-order valence-electron chi connectivity index (χ3n) is 3.58. The van der Waals surface area contributed by atoms with Gasteiger partial charge in [-0.1, -0.05) is 30.3 Å². The fourth-order valence-corrected chi connectivity index (χ4v) is 2.38. The van der Waals surface area contributed by atoms with Crippen molar-refractivity contribution in [2.45, 2.75) is 12.8 Å². The van der Waals surface area contributed by atoms with Crippen molar-refractivity contribution in [1.82, 2.24) is 0 Å². The highest BCUT2D eigenvalue weighted by molar-refractivity contribution is 5.83. The van der Waals surface area contributed by atoms with Crippen molar-refractivity contribution in [3.8, 4) is 17.2 Å². The molecule has 0 saturated carbocycles. The van der Waals surface area contributed by atoms with Crippen LogP contribution < -0.4 is 9.47 Å². The SMILES string of the molecule is O=C(O)CCCOc1ccc(Oc2ccc3ccccc3c2)cc1. The highest BCUT2D eigenvalue weighted by atomic mass is 16.5. The molecule has 0 unspecified atom stereocenters. The molecule has 0 spiro atoms. The van der Waals surface area contributed by atoms with Crippen molar-refractivity contribution in [3.63, 3.8) is 0 Å². The number of hydrogen-bond donors (Lipinski definition) is 1. The lowest BCUT2D eigenvalue weighted by molar-refractivity contribution is -0.137. The maximum atomic E-state index is 10.4. The summed E-state index contributed by atoms with van der Waals surface area (Å²) in [6.45, 7) is 0.386. The fraction of sp³-hybridized carbons (Fsp3) is 0.150. The molecule has 0 atom stereocenters. The van der Waals surface area contributed by atoms with Gasteiger partial charge >= 0.3 is 5.97 Å². The van der Waals surface area contributed by atoms with Crippen LogP contribution in [-0.4, -0.2) is 17.7 Å². The van der Waals surface area contributed by atoms with Gasteiger partial charge in [0.05, 0.1) is 6.61 Å². The zero-order valence-corrected chi connectivity index (χ0v) is 13.1. The first kappa shape index (κ1) is 15.9. The van der Waals surface area contributed by atoms with E-state index in [1.165, 1.54) is 5.39 Å². The van der Waals surface area contributed by atoms with Crippen LogP contribution in [0, 0.1) is 0 Å². The average Bonchev–Trinajstić information content (AvgIpc) is 2.60. The number of carbonyl (C=O) groups is 1. The zero-order chi connectivity index (χ0) is 16.8. The highest BCUT2D eigenvalue weighted by Gasteiger charge is 2.01. The minimum absolute atomic E-state index is 0.114. The molecule has 3 aromatic rings. The molecule has 0 fully saturated rings. The van der Waals surface area contributed by atoms with Gasteiger partial charge in [-0.3, -0.25) is 4.79 Å². The molecule has 0 aliphatic carbocycles. The van der Waals surface area contributed by atoms with Gasteiger partial charge in [0.25, 0.3) is 0 Å². The number of ether oxygens (including phenoxy) is 2. The van der Waals surface area contributed by atoms with E-state index in [2.05, 4.69) is 12.1 Å². The average molecular weight is 322 g/mol. The molecule has 1 N–H and O–H groups in total. The summed E-state index contributed by atoms with van der Waals surface area (Å²) in [5.41, 5.74) is 0. The Kier molecular flexibility index (Phi) is 4.96. The molecule has 0 heterocycles. The molecule has 0 aliphatic rings. The Morgan fingerprint density at radius 2 is 1.50 bits per heavy atom. The lowest BCUT2D eigenvalue weighted by Crippen LogP contribution is -2.01. The molecule has 3 aromatic carbocycles. The minimum atomic E-state index is -0.808. The molecule has 0 amide bonds. The van der Waals surface area contributed by atoms with Gasteiger partial charge in [0.1, 0.15) is 17.2 Å². The number of carboxylic acid groups (broad SMARTS) is 1. The Balaban J connectivity index is 1.59. The molecular formula is C20H18O4. The van der Waals surface area contributed by atoms with E-state index in [1.807, 2.05) is 54.6 Å². The number of hydrogen-bond acceptors (Lipinski definition) is 3. The summed E-state index contributed by atoms with van der Waals surface area (Å²) in [4.78, 5) is 10.4. The van der Waals surface area contributed by atoms with Gasteiger partial charge in [-0.05, 0) is 53.6 Å². The van der Waals surface area contributed by atoms with Crippen LogP contribution in [0.2, 0.25) is 0 Å². The Bertz CT molecular complexity index is 824. The van der Waals surface area contributed by atoms with E-state index in [1.54, 1.807) is 0 Å². The van der Waals surface area contributed by atoms with E-state index in [4.69, 9.17) is 14.6 Å². The summed E-state index contributed by atoms with van der Waals surface area (Å²) in [5.74, 6) is 1.40. The van der Waals surface area contributed by atoms with Crippen LogP contribution in [0.1, 0.15) is 12.8 Å². The van der Waals surface area contributed by atoms with E-state index < -0.39 is 5.97 Å². The van der Waals surface area contributed by atoms with E-state index in [0.717, 1.165) is 16.9 Å². The van der Waals surface area contributed by atoms with Crippen LogP contribution in [0.3, 0.4) is 0 Å². The number of rotatable bonds is 7. The lowest BCUT2D eigenvalue weighted by Gasteiger charge is -2.09. The maximum absolute atomic E-state index is 10.4. The second-order valence-corrected chi connectivity index (χ2v) is 5.43. The topological polar surface area (TPSA) is 55.8 Å². The number of benzene rings is 3. The van der Waals surface area contributed by atoms with Crippen molar-refractivity contribution in [2.24, 2.45) is 0 Å². The van der Waals surface area contributed by atoms with Crippen LogP contribution in [0.25, 0.3) is 10.8 Å². The third kappa shape index (κ3) is 4.26. The van der Waals surface area contributed by atoms with Crippen molar-refractivity contribution in [2.75, 3.05) is 6.61 Å². The normalized spacial score (nSPS) is 10.5. The number of fused-ring (bicyclic) bond motifs is 1. The van der Waals surface area contributed by atoms with Crippen molar-refractivity contribution < 1.29 is 19.4 Å². The second kappa shape index (κ2) is 7.51. The maximum Gasteiger partial charge on any atom is 0.303 e. The summed E-state index contributed by atoms with van der Waals surface area (Å²) < 4.78 is 11.4. The predicted octanol–water partition coefficient (Wildman–Crippen LogP) is 4.88. The van der Waals surface area contributed by atoms with E-state index in [0.29, 0.717) is 18.8 Å². The summed E-state index contributed by atoms with van der Waals surface area (Å²) in [6.07, 6.45) is 0.605. The van der Waals surface area contributed by atoms with Gasteiger partial charge < -0.3 is 14.6 Å². The van der Waals surface area contributed by atoms with E-state index >= 15 is 0 Å². The van der Waals surface area contributed by atoms with Crippen LogP contribution in [-0.2, 0) is 4.79 Å². The molecule has 0 aromatic heterocycles. The first-order chi connectivity index (χ1) is 11.7. The summed E-state index contributed by atoms with van der Waals surface area (Å²) >= 11 is 0. The molecule has 24 heavy (non-hydrogen) atoms. The van der Waals surface area contributed by atoms with Gasteiger partial charge in [0.2, 0.25) is 0 Å². The molecule has 0 saturated heterocycles. The minimum Gasteiger partial charge on any atom is -0.494 e. The molecule has 4 heteroatoms. The second-order valence-electron chi connectivity index (χ2n) is 5.43. The Labute approximate surface area is 140 Å². The first-order valence-corrected chi connectivity index (χ1v) is 7.82. The van der Waals surface area contributed by atoms with Crippen LogP contribution in [0.15, 0.2) is 66.7 Å². The fourth-order valence-electron chi connectivity index (χ4n) is 2.38. The van der Waals surface area contributed by atoms with Gasteiger partial charge in [0.15, 0.2) is 0 Å². The van der Waals surface area contributed by atoms with Gasteiger partial charge in [-0.15, -0.1) is 0 Å². The predicted molar refractivity (Wildman–Crippen MR) is 92.8 cm³/mol. The van der Waals surface area contributed by atoms with Gasteiger partial charge in [-0.2, -0.15) is 0 Å². The molecule has 3 rings (SSSR count). The standard InChI is InChI=1S/C20H18O4/c21-20(22)6-3-13-23-17-9-11-18(12-10-17)24-19-8-7-15-4-1-2-5-16(15)14-19/h1-2,4-5,7-12,14H,3,6,13H2,(H,21,22). The highest BCUT2D eigenvalue weighted by Crippen LogP contribution is 2.27. The summed E-state index contributed by atoms with van der Waals surface area (Å²) in [7, 11) is 0. The molecule has 4 nitrogen and oxygen atoms in total. The van der Waals surface area contributed by atoms with Crippen LogP contribution >= 0.6 is 0 Å². The quantitative estimate of drug-likeness (QED) is 0.630. The summed E-state index contributed by atoms with van der Waals surface area (Å²) in [5, 5.41) is 10.9. The first-order valence-electron chi connectivity index (χ1n) is 7.82. The van der Waals surface area contributed by atoms with Crippen molar-refractivity contribution in [1.29, 1.82) is 0 Å². The van der Waals surface area contributed by atoms with Crippen LogP contribution in [0.4, 0.5) is 0 Å². The Morgan fingerprint density at radius 1 is 0.833 bits per heavy atom. The number of aliphatic carboxylic acids is 1. The third-order valence-corrected chi connectivity index (χ3v) is 3.58. The molecule has 0 aliphatic heterocycles. The molecular weight excluding hydrogens is 304 g/mol. The largest absolute Gasteiger partial charge is 0.494 e. The smallest absolute Gasteiger partial charge is 0.303 e. The molecule has 0 bridgehead atoms. The zero-order valence-electron chi connectivity index (χ0n) is 13.1. The molecule has 122 valence electrons. The lowest BCUT2D eigenvalue weighted by atomic mass is 10.1. The van der Waals surface area contributed by atoms with E-state index in [9.17, 15) is 4.79 Å². The van der Waals surface area contributed by atoms with Crippen LogP contribution in [0.5, 0.6) is 17.2 Å². The summed E-state index contributed by atoms with van der Waals surface area (Å²) in [6, 6.07) is 21.4.